The number of alkyl carbamates (subject to hydrolysis) is 1. The van der Waals surface area contributed by atoms with Gasteiger partial charge in [0.1, 0.15) is 0 Å². The van der Waals surface area contributed by atoms with Crippen LogP contribution in [0.4, 0.5) is 4.79 Å². The maximum absolute atomic E-state index is 11.7. The molecule has 0 aliphatic rings. The van der Waals surface area contributed by atoms with Crippen LogP contribution in [0.25, 0.3) is 0 Å². The highest BCUT2D eigenvalue weighted by Gasteiger charge is 2.24. The van der Waals surface area contributed by atoms with Crippen molar-refractivity contribution in [2.24, 2.45) is 17.8 Å². The van der Waals surface area contributed by atoms with Gasteiger partial charge in [-0.1, -0.05) is 34.1 Å². The van der Waals surface area contributed by atoms with E-state index in [-0.39, 0.29) is 13.0 Å². The van der Waals surface area contributed by atoms with Crippen LogP contribution in [0.3, 0.4) is 0 Å². The van der Waals surface area contributed by atoms with Crippen LogP contribution in [-0.4, -0.2) is 36.0 Å². The Morgan fingerprint density at radius 2 is 1.67 bits per heavy atom. The number of hydrogen-bond acceptors (Lipinski definition) is 5. The molecule has 0 rings (SSSR count). The van der Waals surface area contributed by atoms with E-state index in [1.54, 1.807) is 6.92 Å². The van der Waals surface area contributed by atoms with Gasteiger partial charge in [-0.05, 0) is 24.7 Å². The summed E-state index contributed by atoms with van der Waals surface area (Å²) in [5.74, 6) is -1.29. The number of esters is 1. The summed E-state index contributed by atoms with van der Waals surface area (Å²) in [5.41, 5.74) is 0. The standard InChI is InChI=1S/C17H31NO6/c1-6-13(8-11(3)4)9-14(16(20)21)10-18-17(22)24-12(5)23-15(19)7-2/h11-14H,6-10H2,1-5H3,(H,18,22)(H,20,21)/t12-,13+,14+/m0/s1. The molecule has 0 aromatic carbocycles. The van der Waals surface area contributed by atoms with Gasteiger partial charge in [-0.25, -0.2) is 4.79 Å². The molecule has 0 aliphatic carbocycles. The first-order valence-corrected chi connectivity index (χ1v) is 8.56. The van der Waals surface area contributed by atoms with Crippen molar-refractivity contribution < 1.29 is 29.0 Å². The molecule has 0 radical (unpaired) electrons. The van der Waals surface area contributed by atoms with Gasteiger partial charge in [0.2, 0.25) is 6.29 Å². The minimum atomic E-state index is -1.01. The molecule has 0 heterocycles. The van der Waals surface area contributed by atoms with Crippen molar-refractivity contribution >= 4 is 18.0 Å². The molecule has 0 aromatic heterocycles. The lowest BCUT2D eigenvalue weighted by atomic mass is 9.86. The maximum Gasteiger partial charge on any atom is 0.410 e. The molecule has 1 amide bonds. The fourth-order valence-electron chi connectivity index (χ4n) is 2.46. The smallest absolute Gasteiger partial charge is 0.410 e. The summed E-state index contributed by atoms with van der Waals surface area (Å²) in [5, 5.41) is 11.8. The second-order valence-electron chi connectivity index (χ2n) is 6.37. The third-order valence-electron chi connectivity index (χ3n) is 3.70. The summed E-state index contributed by atoms with van der Waals surface area (Å²) in [7, 11) is 0. The molecule has 140 valence electrons. The highest BCUT2D eigenvalue weighted by atomic mass is 16.7. The normalized spacial score (nSPS) is 14.6. The molecule has 24 heavy (non-hydrogen) atoms. The lowest BCUT2D eigenvalue weighted by Crippen LogP contribution is -2.36. The number of hydrogen-bond donors (Lipinski definition) is 2. The number of carboxylic acids is 1. The zero-order valence-electron chi connectivity index (χ0n) is 15.3. The number of rotatable bonds is 11. The van der Waals surface area contributed by atoms with Crippen molar-refractivity contribution in [1.82, 2.24) is 5.32 Å². The quantitative estimate of drug-likeness (QED) is 0.440. The Morgan fingerprint density at radius 1 is 1.04 bits per heavy atom. The molecule has 7 nitrogen and oxygen atoms in total. The lowest BCUT2D eigenvalue weighted by molar-refractivity contribution is -0.164. The second kappa shape index (κ2) is 11.7. The number of nitrogens with one attached hydrogen (secondary N) is 1. The van der Waals surface area contributed by atoms with E-state index in [9.17, 15) is 19.5 Å². The molecule has 0 saturated carbocycles. The minimum Gasteiger partial charge on any atom is -0.481 e. The van der Waals surface area contributed by atoms with E-state index >= 15 is 0 Å². The number of aliphatic carboxylic acids is 1. The minimum absolute atomic E-state index is 0.0167. The highest BCUT2D eigenvalue weighted by Crippen LogP contribution is 2.23. The summed E-state index contributed by atoms with van der Waals surface area (Å²) < 4.78 is 9.67. The van der Waals surface area contributed by atoms with Crippen LogP contribution in [0.5, 0.6) is 0 Å². The van der Waals surface area contributed by atoms with Crippen molar-refractivity contribution in [3.05, 3.63) is 0 Å². The van der Waals surface area contributed by atoms with E-state index in [1.807, 2.05) is 6.92 Å². The molecule has 0 saturated heterocycles. The van der Waals surface area contributed by atoms with Crippen molar-refractivity contribution in [3.63, 3.8) is 0 Å². The number of carbonyl (C=O) groups is 3. The van der Waals surface area contributed by atoms with Gasteiger partial charge in [-0.2, -0.15) is 0 Å². The van der Waals surface area contributed by atoms with Gasteiger partial charge in [0.15, 0.2) is 0 Å². The van der Waals surface area contributed by atoms with Crippen LogP contribution in [0.15, 0.2) is 0 Å². The van der Waals surface area contributed by atoms with Crippen molar-refractivity contribution in [3.8, 4) is 0 Å². The monoisotopic (exact) mass is 345 g/mol. The predicted molar refractivity (Wildman–Crippen MR) is 89.3 cm³/mol. The van der Waals surface area contributed by atoms with Crippen LogP contribution in [0.2, 0.25) is 0 Å². The topological polar surface area (TPSA) is 102 Å². The molecule has 0 aliphatic heterocycles. The zero-order chi connectivity index (χ0) is 18.7. The van der Waals surface area contributed by atoms with Crippen LogP contribution >= 0.6 is 0 Å². The first-order valence-electron chi connectivity index (χ1n) is 8.56. The average Bonchev–Trinajstić information content (AvgIpc) is 2.48. The van der Waals surface area contributed by atoms with Gasteiger partial charge in [0.05, 0.1) is 5.92 Å². The molecule has 7 heteroatoms. The Bertz CT molecular complexity index is 410. The van der Waals surface area contributed by atoms with Crippen LogP contribution in [0.1, 0.15) is 60.3 Å². The maximum atomic E-state index is 11.7. The van der Waals surface area contributed by atoms with Crippen LogP contribution in [-0.2, 0) is 19.1 Å². The summed E-state index contributed by atoms with van der Waals surface area (Å²) in [6.07, 6.45) is 0.736. The van der Waals surface area contributed by atoms with E-state index < -0.39 is 30.2 Å². The number of amides is 1. The highest BCUT2D eigenvalue weighted by molar-refractivity contribution is 5.73. The molecule has 0 unspecified atom stereocenters. The fourth-order valence-corrected chi connectivity index (χ4v) is 2.46. The Hall–Kier alpha value is -1.79. The zero-order valence-corrected chi connectivity index (χ0v) is 15.3. The van der Waals surface area contributed by atoms with Crippen molar-refractivity contribution in [2.75, 3.05) is 6.54 Å². The van der Waals surface area contributed by atoms with E-state index in [4.69, 9.17) is 9.47 Å². The molecule has 3 atom stereocenters. The molecule has 0 spiro atoms. The molecular formula is C17H31NO6. The Kier molecular flexibility index (Phi) is 10.8. The summed E-state index contributed by atoms with van der Waals surface area (Å²) >= 11 is 0. The first kappa shape index (κ1) is 22.2. The van der Waals surface area contributed by atoms with Gasteiger partial charge in [0.25, 0.3) is 0 Å². The molecule has 0 fully saturated rings. The average molecular weight is 345 g/mol. The predicted octanol–water partition coefficient (Wildman–Crippen LogP) is 3.18. The molecular weight excluding hydrogens is 314 g/mol. The Labute approximate surface area is 144 Å². The molecule has 0 aromatic rings. The van der Waals surface area contributed by atoms with Gasteiger partial charge in [-0.3, -0.25) is 9.59 Å². The number of carboxylic acid groups (broad SMARTS) is 1. The largest absolute Gasteiger partial charge is 0.481 e. The molecule has 2 N–H and O–H groups in total. The number of carbonyl (C=O) groups excluding carboxylic acids is 2. The summed E-state index contributed by atoms with van der Waals surface area (Å²) in [6.45, 7) is 9.29. The van der Waals surface area contributed by atoms with Crippen LogP contribution in [0, 0.1) is 17.8 Å². The van der Waals surface area contributed by atoms with Gasteiger partial charge in [0, 0.05) is 19.9 Å². The van der Waals surface area contributed by atoms with Gasteiger partial charge in [-0.15, -0.1) is 0 Å². The van der Waals surface area contributed by atoms with Crippen LogP contribution < -0.4 is 5.32 Å². The number of ether oxygens (including phenoxy) is 2. The van der Waals surface area contributed by atoms with E-state index in [0.29, 0.717) is 18.3 Å². The van der Waals surface area contributed by atoms with Gasteiger partial charge >= 0.3 is 18.0 Å². The van der Waals surface area contributed by atoms with E-state index in [2.05, 4.69) is 19.2 Å². The summed E-state index contributed by atoms with van der Waals surface area (Å²) in [4.78, 5) is 34.2. The van der Waals surface area contributed by atoms with Crippen molar-refractivity contribution in [1.29, 1.82) is 0 Å². The Morgan fingerprint density at radius 3 is 2.12 bits per heavy atom. The van der Waals surface area contributed by atoms with Gasteiger partial charge < -0.3 is 19.9 Å². The summed E-state index contributed by atoms with van der Waals surface area (Å²) in [6, 6.07) is 0. The van der Waals surface area contributed by atoms with E-state index in [1.165, 1.54) is 6.92 Å². The fraction of sp³-hybridized carbons (Fsp3) is 0.824. The van der Waals surface area contributed by atoms with E-state index in [0.717, 1.165) is 12.8 Å². The molecule has 0 bridgehead atoms. The van der Waals surface area contributed by atoms with Crippen molar-refractivity contribution in [2.45, 2.75) is 66.6 Å². The second-order valence-corrected chi connectivity index (χ2v) is 6.37. The lowest BCUT2D eigenvalue weighted by Gasteiger charge is -2.22. The third-order valence-corrected chi connectivity index (χ3v) is 3.70. The third kappa shape index (κ3) is 10.1. The Balaban J connectivity index is 4.40. The SMILES string of the molecule is CCC(=O)O[C@H](C)OC(=O)NC[C@@H](C[C@H](CC)CC(C)C)C(=O)O. The first-order chi connectivity index (χ1) is 11.2.